The van der Waals surface area contributed by atoms with Crippen molar-refractivity contribution in [3.8, 4) is 11.5 Å². The maximum Gasteiger partial charge on any atom is 0.293 e. The van der Waals surface area contributed by atoms with Gasteiger partial charge in [0.1, 0.15) is 0 Å². The van der Waals surface area contributed by atoms with Crippen LogP contribution < -0.4 is 15.5 Å². The van der Waals surface area contributed by atoms with Crippen molar-refractivity contribution >= 4 is 38.8 Å². The second-order valence-electron chi connectivity index (χ2n) is 6.65. The lowest BCUT2D eigenvalue weighted by atomic mass is 10.2. The minimum Gasteiger partial charge on any atom is -0.431 e. The quantitative estimate of drug-likeness (QED) is 0.538. The van der Waals surface area contributed by atoms with Gasteiger partial charge in [0.05, 0.1) is 39.5 Å². The summed E-state index contributed by atoms with van der Waals surface area (Å²) in [4.78, 5) is 27.7. The van der Waals surface area contributed by atoms with E-state index in [1.807, 2.05) is 24.3 Å². The summed E-state index contributed by atoms with van der Waals surface area (Å²) < 4.78 is 6.82. The van der Waals surface area contributed by atoms with Gasteiger partial charge in [0, 0.05) is 37.9 Å². The van der Waals surface area contributed by atoms with Crippen LogP contribution in [0.15, 0.2) is 52.8 Å². The molecule has 0 atom stereocenters. The first kappa shape index (κ1) is 17.8. The van der Waals surface area contributed by atoms with E-state index in [0.717, 1.165) is 47.6 Å². The predicted octanol–water partition coefficient (Wildman–Crippen LogP) is 3.01. The van der Waals surface area contributed by atoms with Crippen molar-refractivity contribution in [1.82, 2.24) is 20.3 Å². The van der Waals surface area contributed by atoms with Gasteiger partial charge in [-0.15, -0.1) is 11.3 Å². The Kier molecular flexibility index (Phi) is 4.66. The molecule has 1 amide bonds. The van der Waals surface area contributed by atoms with E-state index in [0.29, 0.717) is 11.6 Å². The lowest BCUT2D eigenvalue weighted by Gasteiger charge is -2.30. The molecule has 1 fully saturated rings. The molecule has 0 saturated carbocycles. The van der Waals surface area contributed by atoms with E-state index in [1.54, 1.807) is 29.2 Å². The molecular formula is C20H18N6O2S. The number of hydrogen-bond acceptors (Lipinski definition) is 8. The van der Waals surface area contributed by atoms with Crippen molar-refractivity contribution in [3.05, 3.63) is 54.1 Å². The number of nitrogens with one attached hydrogen (secondary N) is 2. The Labute approximate surface area is 170 Å². The summed E-state index contributed by atoms with van der Waals surface area (Å²) in [5.74, 6) is 0.176. The molecule has 0 aliphatic carbocycles. The van der Waals surface area contributed by atoms with Crippen LogP contribution in [0.1, 0.15) is 10.6 Å². The van der Waals surface area contributed by atoms with Gasteiger partial charge in [-0.25, -0.2) is 9.97 Å². The molecule has 1 aliphatic heterocycles. The monoisotopic (exact) mass is 406 g/mol. The molecule has 0 radical (unpaired) electrons. The third kappa shape index (κ3) is 3.57. The zero-order valence-electron chi connectivity index (χ0n) is 15.5. The topological polar surface area (TPSA) is 96.2 Å². The highest BCUT2D eigenvalue weighted by Crippen LogP contribution is 2.28. The molecule has 1 aromatic carbocycles. The number of nitrogens with zero attached hydrogens (tertiary/aromatic N) is 4. The Hall–Kier alpha value is -3.30. The van der Waals surface area contributed by atoms with Crippen molar-refractivity contribution < 1.29 is 9.21 Å². The molecule has 146 valence electrons. The number of thiazole rings is 1. The van der Waals surface area contributed by atoms with Crippen LogP contribution in [0.3, 0.4) is 0 Å². The van der Waals surface area contributed by atoms with Gasteiger partial charge in [0.2, 0.25) is 11.7 Å². The van der Waals surface area contributed by atoms with Gasteiger partial charge >= 0.3 is 0 Å². The number of anilines is 2. The molecule has 5 rings (SSSR count). The van der Waals surface area contributed by atoms with Crippen molar-refractivity contribution in [1.29, 1.82) is 0 Å². The molecule has 4 heterocycles. The number of aromatic nitrogens is 3. The molecule has 0 spiro atoms. The number of pyridine rings is 1. The van der Waals surface area contributed by atoms with E-state index in [1.165, 1.54) is 6.20 Å². The highest BCUT2D eigenvalue weighted by Gasteiger charge is 2.19. The van der Waals surface area contributed by atoms with Gasteiger partial charge in [-0.1, -0.05) is 0 Å². The van der Waals surface area contributed by atoms with E-state index in [4.69, 9.17) is 4.42 Å². The molecule has 9 heteroatoms. The van der Waals surface area contributed by atoms with Crippen LogP contribution in [0.5, 0.6) is 0 Å². The average molecular weight is 406 g/mol. The van der Waals surface area contributed by atoms with Gasteiger partial charge < -0.3 is 20.0 Å². The maximum absolute atomic E-state index is 12.8. The Bertz CT molecular complexity index is 1160. The van der Waals surface area contributed by atoms with Crippen LogP contribution >= 0.6 is 11.3 Å². The fourth-order valence-corrected chi connectivity index (χ4v) is 4.01. The third-order valence-corrected chi connectivity index (χ3v) is 5.62. The number of carbonyl (C=O) groups is 1. The number of carbonyl (C=O) groups excluding carboxylic acids is 1. The fraction of sp³-hybridized carbons (Fsp3) is 0.200. The van der Waals surface area contributed by atoms with Gasteiger partial charge in [0.25, 0.3) is 5.91 Å². The molecule has 0 unspecified atom stereocenters. The third-order valence-electron chi connectivity index (χ3n) is 4.81. The first-order valence-corrected chi connectivity index (χ1v) is 10.2. The summed E-state index contributed by atoms with van der Waals surface area (Å²) in [6.07, 6.45) is 4.83. The van der Waals surface area contributed by atoms with E-state index >= 15 is 0 Å². The number of fused-ring (bicyclic) bond motifs is 1. The van der Waals surface area contributed by atoms with Crippen LogP contribution in [0.2, 0.25) is 0 Å². The lowest BCUT2D eigenvalue weighted by Crippen LogP contribution is -2.43. The molecule has 8 nitrogen and oxygen atoms in total. The summed E-state index contributed by atoms with van der Waals surface area (Å²) in [7, 11) is 0. The molecule has 3 aromatic heterocycles. The smallest absolute Gasteiger partial charge is 0.293 e. The zero-order valence-corrected chi connectivity index (χ0v) is 16.3. The van der Waals surface area contributed by atoms with E-state index in [9.17, 15) is 4.79 Å². The number of hydrogen-bond donors (Lipinski definition) is 2. The Morgan fingerprint density at radius 1 is 1.17 bits per heavy atom. The zero-order chi connectivity index (χ0) is 19.6. The van der Waals surface area contributed by atoms with Crippen molar-refractivity contribution in [2.75, 3.05) is 36.4 Å². The van der Waals surface area contributed by atoms with Crippen LogP contribution in [0.25, 0.3) is 21.7 Å². The summed E-state index contributed by atoms with van der Waals surface area (Å²) in [5.41, 5.74) is 5.06. The Morgan fingerprint density at radius 2 is 2.07 bits per heavy atom. The maximum atomic E-state index is 12.8. The van der Waals surface area contributed by atoms with Gasteiger partial charge in [-0.3, -0.25) is 9.78 Å². The van der Waals surface area contributed by atoms with Crippen LogP contribution in [0.4, 0.5) is 11.4 Å². The molecular weight excluding hydrogens is 388 g/mol. The number of amides is 1. The number of benzene rings is 1. The molecule has 4 aromatic rings. The molecule has 1 aliphatic rings. The largest absolute Gasteiger partial charge is 0.431 e. The second-order valence-corrected chi connectivity index (χ2v) is 7.53. The Morgan fingerprint density at radius 3 is 2.97 bits per heavy atom. The highest BCUT2D eigenvalue weighted by molar-refractivity contribution is 7.16. The summed E-state index contributed by atoms with van der Waals surface area (Å²) >= 11 is 1.58. The van der Waals surface area contributed by atoms with E-state index in [2.05, 4.69) is 30.5 Å². The van der Waals surface area contributed by atoms with Gasteiger partial charge in [0.15, 0.2) is 0 Å². The standard InChI is InChI=1S/C20H18N6O2S/c27-19(25-15-10-22-4-3-16(15)26-7-5-21-6-8-26)17-11-23-20(28-17)13-1-2-18-14(9-13)24-12-29-18/h1-4,9-12,21H,5-8H2,(H,25,27). The summed E-state index contributed by atoms with van der Waals surface area (Å²) in [6, 6.07) is 7.71. The first-order chi connectivity index (χ1) is 14.3. The first-order valence-electron chi connectivity index (χ1n) is 9.28. The van der Waals surface area contributed by atoms with Crippen LogP contribution in [-0.2, 0) is 0 Å². The van der Waals surface area contributed by atoms with Gasteiger partial charge in [-0.05, 0) is 24.3 Å². The van der Waals surface area contributed by atoms with Crippen molar-refractivity contribution in [2.24, 2.45) is 0 Å². The molecule has 0 bridgehead atoms. The average Bonchev–Trinajstić information content (AvgIpc) is 3.44. The Balaban J connectivity index is 1.37. The van der Waals surface area contributed by atoms with Gasteiger partial charge in [-0.2, -0.15) is 0 Å². The minimum absolute atomic E-state index is 0.147. The second kappa shape index (κ2) is 7.61. The molecule has 1 saturated heterocycles. The van der Waals surface area contributed by atoms with Crippen LogP contribution in [0, 0.1) is 0 Å². The van der Waals surface area contributed by atoms with E-state index < -0.39 is 0 Å². The molecule has 2 N–H and O–H groups in total. The summed E-state index contributed by atoms with van der Waals surface area (Å²) in [5, 5.41) is 6.23. The normalized spacial score (nSPS) is 14.3. The lowest BCUT2D eigenvalue weighted by molar-refractivity contribution is 0.0997. The van der Waals surface area contributed by atoms with E-state index in [-0.39, 0.29) is 11.7 Å². The predicted molar refractivity (Wildman–Crippen MR) is 112 cm³/mol. The SMILES string of the molecule is O=C(Nc1cnccc1N1CCNCC1)c1cnc(-c2ccc3scnc3c2)o1. The number of piperazine rings is 1. The van der Waals surface area contributed by atoms with Crippen molar-refractivity contribution in [2.45, 2.75) is 0 Å². The molecule has 29 heavy (non-hydrogen) atoms. The number of rotatable bonds is 4. The number of oxazole rings is 1. The highest BCUT2D eigenvalue weighted by atomic mass is 32.1. The summed E-state index contributed by atoms with van der Waals surface area (Å²) in [6.45, 7) is 3.56. The van der Waals surface area contributed by atoms with Crippen LogP contribution in [-0.4, -0.2) is 47.0 Å². The minimum atomic E-state index is -0.358. The fourth-order valence-electron chi connectivity index (χ4n) is 3.35. The van der Waals surface area contributed by atoms with Crippen molar-refractivity contribution in [3.63, 3.8) is 0 Å².